The average molecular weight is 262 g/mol. The van der Waals surface area contributed by atoms with Crippen molar-refractivity contribution in [2.75, 3.05) is 20.2 Å². The topological polar surface area (TPSA) is 62.1 Å². The number of methoxy groups -OCH3 is 1. The first-order valence-corrected chi connectivity index (χ1v) is 6.33. The zero-order chi connectivity index (χ0) is 13.7. The van der Waals surface area contributed by atoms with Gasteiger partial charge in [0.15, 0.2) is 0 Å². The molecule has 1 aliphatic rings. The molecule has 5 nitrogen and oxygen atoms in total. The summed E-state index contributed by atoms with van der Waals surface area (Å²) in [6.45, 7) is 1.27. The fourth-order valence-electron chi connectivity index (χ4n) is 2.14. The van der Waals surface area contributed by atoms with Crippen LogP contribution in [0.4, 0.5) is 0 Å². The minimum atomic E-state index is 0.113. The van der Waals surface area contributed by atoms with Gasteiger partial charge in [0.05, 0.1) is 19.2 Å². The highest BCUT2D eigenvalue weighted by Crippen LogP contribution is 2.14. The van der Waals surface area contributed by atoms with Crippen LogP contribution in [-0.4, -0.2) is 41.9 Å². The Hall–Kier alpha value is -2.04. The molecule has 102 valence electrons. The maximum Gasteiger partial charge on any atom is 0.227 e. The number of likely N-dealkylation sites (tertiary alicyclic amines) is 1. The van der Waals surface area contributed by atoms with Gasteiger partial charge in [-0.3, -0.25) is 4.79 Å². The van der Waals surface area contributed by atoms with Crippen molar-refractivity contribution in [1.29, 1.82) is 0 Å². The highest BCUT2D eigenvalue weighted by atomic mass is 16.5. The molecule has 0 aromatic heterocycles. The van der Waals surface area contributed by atoms with Crippen LogP contribution >= 0.6 is 0 Å². The number of hydrogen-bond acceptors (Lipinski definition) is 4. The summed E-state index contributed by atoms with van der Waals surface area (Å²) < 4.78 is 5.08. The van der Waals surface area contributed by atoms with Gasteiger partial charge in [-0.05, 0) is 17.7 Å². The molecule has 1 aromatic carbocycles. The number of rotatable bonds is 3. The summed E-state index contributed by atoms with van der Waals surface area (Å²) in [5.74, 6) is 0.903. The predicted molar refractivity (Wildman–Crippen MR) is 71.7 cm³/mol. The fraction of sp³-hybridized carbons (Fsp3) is 0.429. The van der Waals surface area contributed by atoms with Crippen LogP contribution in [0.3, 0.4) is 0 Å². The molecule has 1 fully saturated rings. The SMILES string of the molecule is COc1ccc(CC(=O)N2CCC(=NO)CC2)cc1. The average Bonchev–Trinajstić information content (AvgIpc) is 2.48. The van der Waals surface area contributed by atoms with Gasteiger partial charge in [-0.2, -0.15) is 0 Å². The lowest BCUT2D eigenvalue weighted by atomic mass is 10.1. The van der Waals surface area contributed by atoms with Crippen LogP contribution in [0.25, 0.3) is 0 Å². The zero-order valence-electron chi connectivity index (χ0n) is 11.0. The van der Waals surface area contributed by atoms with Crippen molar-refractivity contribution in [3.05, 3.63) is 29.8 Å². The molecule has 2 rings (SSSR count). The van der Waals surface area contributed by atoms with Crippen molar-refractivity contribution in [3.8, 4) is 5.75 Å². The van der Waals surface area contributed by atoms with Crippen LogP contribution in [0, 0.1) is 0 Å². The molecule has 0 radical (unpaired) electrons. The molecule has 1 N–H and O–H groups in total. The first-order valence-electron chi connectivity index (χ1n) is 6.33. The number of amides is 1. The number of piperidine rings is 1. The van der Waals surface area contributed by atoms with Gasteiger partial charge < -0.3 is 14.8 Å². The Balaban J connectivity index is 1.90. The molecular weight excluding hydrogens is 244 g/mol. The van der Waals surface area contributed by atoms with Crippen molar-refractivity contribution in [2.24, 2.45) is 5.16 Å². The summed E-state index contributed by atoms with van der Waals surface area (Å²) in [6.07, 6.45) is 1.71. The first-order chi connectivity index (χ1) is 9.22. The molecular formula is C14H18N2O3. The van der Waals surface area contributed by atoms with E-state index in [1.54, 1.807) is 7.11 Å². The van der Waals surface area contributed by atoms with E-state index in [1.165, 1.54) is 0 Å². The van der Waals surface area contributed by atoms with E-state index in [9.17, 15) is 4.79 Å². The summed E-state index contributed by atoms with van der Waals surface area (Å²) >= 11 is 0. The Morgan fingerprint density at radius 3 is 2.47 bits per heavy atom. The minimum absolute atomic E-state index is 0.113. The van der Waals surface area contributed by atoms with Gasteiger partial charge in [0.25, 0.3) is 0 Å². The van der Waals surface area contributed by atoms with Crippen LogP contribution in [0.2, 0.25) is 0 Å². The molecule has 0 spiro atoms. The molecule has 1 saturated heterocycles. The highest BCUT2D eigenvalue weighted by Gasteiger charge is 2.20. The largest absolute Gasteiger partial charge is 0.497 e. The van der Waals surface area contributed by atoms with E-state index < -0.39 is 0 Å². The Bertz CT molecular complexity index is 458. The highest BCUT2D eigenvalue weighted by molar-refractivity contribution is 5.87. The first kappa shape index (κ1) is 13.4. The van der Waals surface area contributed by atoms with E-state index in [-0.39, 0.29) is 5.91 Å². The maximum atomic E-state index is 12.1. The smallest absolute Gasteiger partial charge is 0.227 e. The summed E-state index contributed by atoms with van der Waals surface area (Å²) in [5.41, 5.74) is 1.75. The lowest BCUT2D eigenvalue weighted by molar-refractivity contribution is -0.130. The number of carbonyl (C=O) groups excluding carboxylic acids is 1. The second kappa shape index (κ2) is 6.22. The molecule has 0 atom stereocenters. The van der Waals surface area contributed by atoms with E-state index in [1.807, 2.05) is 29.2 Å². The van der Waals surface area contributed by atoms with E-state index in [0.29, 0.717) is 32.4 Å². The number of oxime groups is 1. The third-order valence-corrected chi connectivity index (χ3v) is 3.35. The van der Waals surface area contributed by atoms with Gasteiger partial charge in [-0.25, -0.2) is 0 Å². The molecule has 0 aliphatic carbocycles. The van der Waals surface area contributed by atoms with Gasteiger partial charge in [-0.15, -0.1) is 0 Å². The van der Waals surface area contributed by atoms with E-state index in [4.69, 9.17) is 9.94 Å². The van der Waals surface area contributed by atoms with Crippen LogP contribution in [-0.2, 0) is 11.2 Å². The molecule has 0 bridgehead atoms. The van der Waals surface area contributed by atoms with E-state index >= 15 is 0 Å². The third kappa shape index (κ3) is 3.47. The van der Waals surface area contributed by atoms with E-state index in [0.717, 1.165) is 17.0 Å². The van der Waals surface area contributed by atoms with Crippen LogP contribution < -0.4 is 4.74 Å². The maximum absolute atomic E-state index is 12.1. The van der Waals surface area contributed by atoms with Gasteiger partial charge in [0.2, 0.25) is 5.91 Å². The molecule has 0 unspecified atom stereocenters. The van der Waals surface area contributed by atoms with Crippen molar-refractivity contribution in [2.45, 2.75) is 19.3 Å². The Morgan fingerprint density at radius 1 is 1.32 bits per heavy atom. The summed E-state index contributed by atoms with van der Waals surface area (Å²) in [6, 6.07) is 7.52. The second-order valence-electron chi connectivity index (χ2n) is 4.57. The van der Waals surface area contributed by atoms with Gasteiger partial charge in [-0.1, -0.05) is 17.3 Å². The molecule has 0 saturated carbocycles. The molecule has 1 heterocycles. The summed E-state index contributed by atoms with van der Waals surface area (Å²) in [4.78, 5) is 13.9. The number of ether oxygens (including phenoxy) is 1. The monoisotopic (exact) mass is 262 g/mol. The zero-order valence-corrected chi connectivity index (χ0v) is 11.0. The molecule has 1 aromatic rings. The second-order valence-corrected chi connectivity index (χ2v) is 4.57. The number of carbonyl (C=O) groups is 1. The number of nitrogens with zero attached hydrogens (tertiary/aromatic N) is 2. The standard InChI is InChI=1S/C14H18N2O3/c1-19-13-4-2-11(3-5-13)10-14(17)16-8-6-12(15-18)7-9-16/h2-5,18H,6-10H2,1H3. The lowest BCUT2D eigenvalue weighted by Gasteiger charge is -2.27. The van der Waals surface area contributed by atoms with Crippen molar-refractivity contribution < 1.29 is 14.7 Å². The van der Waals surface area contributed by atoms with Crippen LogP contribution in [0.5, 0.6) is 5.75 Å². The summed E-state index contributed by atoms with van der Waals surface area (Å²) in [7, 11) is 1.62. The molecule has 1 amide bonds. The molecule has 1 aliphatic heterocycles. The Morgan fingerprint density at radius 2 is 1.95 bits per heavy atom. The quantitative estimate of drug-likeness (QED) is 0.666. The molecule has 5 heteroatoms. The summed E-state index contributed by atoms with van der Waals surface area (Å²) in [5, 5.41) is 11.9. The van der Waals surface area contributed by atoms with Gasteiger partial charge in [0.1, 0.15) is 5.75 Å². The predicted octanol–water partition coefficient (Wildman–Crippen LogP) is 1.69. The van der Waals surface area contributed by atoms with E-state index in [2.05, 4.69) is 5.16 Å². The van der Waals surface area contributed by atoms with Crippen molar-refractivity contribution in [3.63, 3.8) is 0 Å². The van der Waals surface area contributed by atoms with Crippen LogP contribution in [0.1, 0.15) is 18.4 Å². The minimum Gasteiger partial charge on any atom is -0.497 e. The normalized spacial score (nSPS) is 15.2. The van der Waals surface area contributed by atoms with Gasteiger partial charge in [0, 0.05) is 25.9 Å². The van der Waals surface area contributed by atoms with Crippen molar-refractivity contribution in [1.82, 2.24) is 4.90 Å². The Kier molecular flexibility index (Phi) is 4.39. The number of hydrogen-bond donors (Lipinski definition) is 1. The fourth-order valence-corrected chi connectivity index (χ4v) is 2.14. The Labute approximate surface area is 112 Å². The van der Waals surface area contributed by atoms with Crippen molar-refractivity contribution >= 4 is 11.6 Å². The lowest BCUT2D eigenvalue weighted by Crippen LogP contribution is -2.39. The number of benzene rings is 1. The van der Waals surface area contributed by atoms with Gasteiger partial charge >= 0.3 is 0 Å². The molecule has 19 heavy (non-hydrogen) atoms. The third-order valence-electron chi connectivity index (χ3n) is 3.35. The van der Waals surface area contributed by atoms with Crippen LogP contribution in [0.15, 0.2) is 29.4 Å².